The third kappa shape index (κ3) is 2.90. The fourth-order valence-corrected chi connectivity index (χ4v) is 1.30. The van der Waals surface area contributed by atoms with Gasteiger partial charge in [-0.25, -0.2) is 0 Å². The molecule has 2 nitrogen and oxygen atoms in total. The minimum atomic E-state index is 0.529. The van der Waals surface area contributed by atoms with E-state index in [9.17, 15) is 0 Å². The van der Waals surface area contributed by atoms with Gasteiger partial charge in [-0.1, -0.05) is 23.7 Å². The molecule has 72 valence electrons. The average Bonchev–Trinajstić information content (AvgIpc) is 2.10. The van der Waals surface area contributed by atoms with E-state index in [4.69, 9.17) is 21.1 Å². The van der Waals surface area contributed by atoms with Crippen LogP contribution in [0.25, 0.3) is 0 Å². The molecule has 0 N–H and O–H groups in total. The second-order valence-electron chi connectivity index (χ2n) is 2.73. The van der Waals surface area contributed by atoms with Crippen molar-refractivity contribution in [2.75, 3.05) is 20.3 Å². The number of hydrogen-bond acceptors (Lipinski definition) is 2. The maximum absolute atomic E-state index is 5.94. The van der Waals surface area contributed by atoms with Gasteiger partial charge in [-0.2, -0.15) is 0 Å². The molecular weight excluding hydrogens is 188 g/mol. The summed E-state index contributed by atoms with van der Waals surface area (Å²) >= 11 is 5.94. The molecule has 1 aromatic carbocycles. The lowest BCUT2D eigenvalue weighted by Crippen LogP contribution is -2.05. The molecule has 0 saturated carbocycles. The van der Waals surface area contributed by atoms with Gasteiger partial charge in [-0.15, -0.1) is 0 Å². The summed E-state index contributed by atoms with van der Waals surface area (Å²) in [6, 6.07) is 5.69. The minimum absolute atomic E-state index is 0.529. The summed E-state index contributed by atoms with van der Waals surface area (Å²) in [5.74, 6) is 0.751. The zero-order chi connectivity index (χ0) is 9.68. The topological polar surface area (TPSA) is 18.5 Å². The molecular formula is C10H13ClO2. The molecule has 1 aromatic rings. The summed E-state index contributed by atoms with van der Waals surface area (Å²) in [6.07, 6.45) is 0. The van der Waals surface area contributed by atoms with Crippen LogP contribution < -0.4 is 4.74 Å². The van der Waals surface area contributed by atoms with Crippen LogP contribution in [0, 0.1) is 6.92 Å². The number of halogens is 1. The van der Waals surface area contributed by atoms with E-state index in [0.717, 1.165) is 11.3 Å². The summed E-state index contributed by atoms with van der Waals surface area (Å²) in [5, 5.41) is 0.649. The highest BCUT2D eigenvalue weighted by atomic mass is 35.5. The molecule has 0 aliphatic carbocycles. The average molecular weight is 201 g/mol. The smallest absolute Gasteiger partial charge is 0.140 e. The van der Waals surface area contributed by atoms with Crippen molar-refractivity contribution in [3.8, 4) is 5.75 Å². The van der Waals surface area contributed by atoms with E-state index in [2.05, 4.69) is 0 Å². The maximum atomic E-state index is 5.94. The van der Waals surface area contributed by atoms with Crippen LogP contribution in [0.15, 0.2) is 18.2 Å². The van der Waals surface area contributed by atoms with Gasteiger partial charge in [0.2, 0.25) is 0 Å². The lowest BCUT2D eigenvalue weighted by Gasteiger charge is -2.09. The molecule has 0 fully saturated rings. The lowest BCUT2D eigenvalue weighted by molar-refractivity contribution is 0.146. The summed E-state index contributed by atoms with van der Waals surface area (Å²) in [5.41, 5.74) is 1.05. The molecule has 0 spiro atoms. The quantitative estimate of drug-likeness (QED) is 0.696. The van der Waals surface area contributed by atoms with E-state index in [1.165, 1.54) is 0 Å². The van der Waals surface area contributed by atoms with Gasteiger partial charge in [0, 0.05) is 7.11 Å². The second-order valence-corrected chi connectivity index (χ2v) is 3.13. The van der Waals surface area contributed by atoms with E-state index in [0.29, 0.717) is 18.2 Å². The van der Waals surface area contributed by atoms with Gasteiger partial charge in [0.15, 0.2) is 0 Å². The fourth-order valence-electron chi connectivity index (χ4n) is 1.03. The highest BCUT2D eigenvalue weighted by Crippen LogP contribution is 2.27. The summed E-state index contributed by atoms with van der Waals surface area (Å²) in [7, 11) is 1.64. The molecule has 0 aliphatic rings. The predicted molar refractivity (Wildman–Crippen MR) is 53.6 cm³/mol. The molecule has 13 heavy (non-hydrogen) atoms. The van der Waals surface area contributed by atoms with Gasteiger partial charge in [-0.05, 0) is 18.6 Å². The minimum Gasteiger partial charge on any atom is -0.489 e. The molecule has 3 heteroatoms. The van der Waals surface area contributed by atoms with Gasteiger partial charge in [0.05, 0.1) is 11.6 Å². The molecule has 0 amide bonds. The Bertz CT molecular complexity index is 253. The van der Waals surface area contributed by atoms with Crippen LogP contribution in [0.1, 0.15) is 5.56 Å². The van der Waals surface area contributed by atoms with Crippen LogP contribution in [0.4, 0.5) is 0 Å². The first-order valence-corrected chi connectivity index (χ1v) is 4.50. The number of rotatable bonds is 4. The van der Waals surface area contributed by atoms with Gasteiger partial charge < -0.3 is 9.47 Å². The van der Waals surface area contributed by atoms with Crippen molar-refractivity contribution in [1.82, 2.24) is 0 Å². The van der Waals surface area contributed by atoms with E-state index in [1.54, 1.807) is 7.11 Å². The molecule has 0 heterocycles. The molecule has 0 atom stereocenters. The van der Waals surface area contributed by atoms with Crippen molar-refractivity contribution in [1.29, 1.82) is 0 Å². The number of para-hydroxylation sites is 1. The Balaban J connectivity index is 2.64. The van der Waals surface area contributed by atoms with Crippen molar-refractivity contribution in [3.63, 3.8) is 0 Å². The zero-order valence-electron chi connectivity index (χ0n) is 7.84. The van der Waals surface area contributed by atoms with Crippen molar-refractivity contribution in [2.24, 2.45) is 0 Å². The molecule has 0 aliphatic heterocycles. The van der Waals surface area contributed by atoms with E-state index >= 15 is 0 Å². The van der Waals surface area contributed by atoms with Crippen molar-refractivity contribution < 1.29 is 9.47 Å². The van der Waals surface area contributed by atoms with E-state index in [-0.39, 0.29) is 0 Å². The Labute approximate surface area is 83.4 Å². The Morgan fingerprint density at radius 2 is 2.08 bits per heavy atom. The van der Waals surface area contributed by atoms with E-state index < -0.39 is 0 Å². The number of ether oxygens (including phenoxy) is 2. The molecule has 1 rings (SSSR count). The number of methoxy groups -OCH3 is 1. The van der Waals surface area contributed by atoms with Crippen molar-refractivity contribution >= 4 is 11.6 Å². The summed E-state index contributed by atoms with van der Waals surface area (Å²) < 4.78 is 10.3. The normalized spacial score (nSPS) is 10.1. The Kier molecular flexibility index (Phi) is 4.06. The lowest BCUT2D eigenvalue weighted by atomic mass is 10.2. The zero-order valence-corrected chi connectivity index (χ0v) is 8.60. The molecule has 0 bridgehead atoms. The number of aryl methyl sites for hydroxylation is 1. The van der Waals surface area contributed by atoms with Crippen LogP contribution in [-0.2, 0) is 4.74 Å². The number of hydrogen-bond donors (Lipinski definition) is 0. The summed E-state index contributed by atoms with van der Waals surface area (Å²) in [4.78, 5) is 0. The van der Waals surface area contributed by atoms with Gasteiger partial charge in [-0.3, -0.25) is 0 Å². The summed E-state index contributed by atoms with van der Waals surface area (Å²) in [6.45, 7) is 3.07. The van der Waals surface area contributed by atoms with E-state index in [1.807, 2.05) is 25.1 Å². The molecule has 0 unspecified atom stereocenters. The highest BCUT2D eigenvalue weighted by molar-refractivity contribution is 6.32. The highest BCUT2D eigenvalue weighted by Gasteiger charge is 2.03. The first kappa shape index (κ1) is 10.4. The van der Waals surface area contributed by atoms with Crippen LogP contribution in [0.5, 0.6) is 5.75 Å². The molecule has 0 radical (unpaired) electrons. The standard InChI is InChI=1S/C10H13ClO2/c1-8-4-3-5-9(11)10(8)13-7-6-12-2/h3-5H,6-7H2,1-2H3. The van der Waals surface area contributed by atoms with Crippen molar-refractivity contribution in [3.05, 3.63) is 28.8 Å². The monoisotopic (exact) mass is 200 g/mol. The Hall–Kier alpha value is -0.730. The largest absolute Gasteiger partial charge is 0.489 e. The Morgan fingerprint density at radius 3 is 2.69 bits per heavy atom. The number of benzene rings is 1. The maximum Gasteiger partial charge on any atom is 0.140 e. The third-order valence-corrected chi connectivity index (χ3v) is 2.00. The molecule has 0 aromatic heterocycles. The fraction of sp³-hybridized carbons (Fsp3) is 0.400. The SMILES string of the molecule is COCCOc1c(C)cccc1Cl. The first-order chi connectivity index (χ1) is 6.25. The van der Waals surface area contributed by atoms with Crippen LogP contribution in [0.3, 0.4) is 0 Å². The molecule has 0 saturated heterocycles. The third-order valence-electron chi connectivity index (χ3n) is 1.70. The van der Waals surface area contributed by atoms with Gasteiger partial charge >= 0.3 is 0 Å². The van der Waals surface area contributed by atoms with Crippen LogP contribution in [0.2, 0.25) is 5.02 Å². The Morgan fingerprint density at radius 1 is 1.31 bits per heavy atom. The first-order valence-electron chi connectivity index (χ1n) is 4.12. The second kappa shape index (κ2) is 5.10. The van der Waals surface area contributed by atoms with Crippen LogP contribution in [-0.4, -0.2) is 20.3 Å². The van der Waals surface area contributed by atoms with Crippen molar-refractivity contribution in [2.45, 2.75) is 6.92 Å². The van der Waals surface area contributed by atoms with Gasteiger partial charge in [0.1, 0.15) is 12.4 Å². The van der Waals surface area contributed by atoms with Crippen LogP contribution >= 0.6 is 11.6 Å². The predicted octanol–water partition coefficient (Wildman–Crippen LogP) is 2.67. The van der Waals surface area contributed by atoms with Gasteiger partial charge in [0.25, 0.3) is 0 Å².